The van der Waals surface area contributed by atoms with Crippen molar-refractivity contribution in [2.75, 3.05) is 32.5 Å². The first-order chi connectivity index (χ1) is 9.77. The molecule has 0 unspecified atom stereocenters. The second kappa shape index (κ2) is 5.99. The van der Waals surface area contributed by atoms with Crippen molar-refractivity contribution in [2.45, 2.75) is 13.8 Å². The van der Waals surface area contributed by atoms with E-state index in [1.54, 1.807) is 6.07 Å². The van der Waals surface area contributed by atoms with Crippen LogP contribution in [0.2, 0.25) is 0 Å². The molecule has 0 radical (unpaired) electrons. The lowest BCUT2D eigenvalue weighted by molar-refractivity contribution is 0.100. The van der Waals surface area contributed by atoms with Gasteiger partial charge in [-0.2, -0.15) is 0 Å². The van der Waals surface area contributed by atoms with Gasteiger partial charge >= 0.3 is 0 Å². The summed E-state index contributed by atoms with van der Waals surface area (Å²) in [5, 5.41) is 4.32. The summed E-state index contributed by atoms with van der Waals surface area (Å²) < 4.78 is 0. The van der Waals surface area contributed by atoms with Gasteiger partial charge in [0, 0.05) is 18.5 Å². The summed E-state index contributed by atoms with van der Waals surface area (Å²) in [7, 11) is 4.14. The molecule has 0 saturated heterocycles. The number of nitrogens with zero attached hydrogens (tertiary/aromatic N) is 2. The molecule has 21 heavy (non-hydrogen) atoms. The smallest absolute Gasteiger partial charge is 0.258 e. The molecule has 0 atom stereocenters. The molecule has 2 heterocycles. The van der Waals surface area contributed by atoms with Crippen LogP contribution in [0.1, 0.15) is 23.5 Å². The van der Waals surface area contributed by atoms with Crippen molar-refractivity contribution < 1.29 is 4.79 Å². The van der Waals surface area contributed by atoms with E-state index < -0.39 is 5.91 Å². The zero-order valence-corrected chi connectivity index (χ0v) is 13.8. The molecule has 2 rings (SSSR count). The Morgan fingerprint density at radius 1 is 1.43 bits per heavy atom. The van der Waals surface area contributed by atoms with Gasteiger partial charge in [-0.3, -0.25) is 4.79 Å². The van der Waals surface area contributed by atoms with Crippen LogP contribution in [-0.2, 0) is 0 Å². The fourth-order valence-electron chi connectivity index (χ4n) is 2.38. The molecule has 5 nitrogen and oxygen atoms in total. The average Bonchev–Trinajstić information content (AvgIpc) is 2.78. The molecule has 0 fully saturated rings. The van der Waals surface area contributed by atoms with E-state index in [4.69, 9.17) is 5.73 Å². The Hall–Kier alpha value is -1.66. The molecule has 0 aromatic carbocycles. The van der Waals surface area contributed by atoms with Crippen LogP contribution in [0.5, 0.6) is 0 Å². The highest BCUT2D eigenvalue weighted by Gasteiger charge is 2.19. The van der Waals surface area contributed by atoms with Gasteiger partial charge in [-0.25, -0.2) is 4.98 Å². The first-order valence-electron chi connectivity index (χ1n) is 6.86. The minimum absolute atomic E-state index is 0.147. The van der Waals surface area contributed by atoms with E-state index in [2.05, 4.69) is 43.1 Å². The zero-order valence-electron chi connectivity index (χ0n) is 12.9. The number of aromatic nitrogens is 1. The second-order valence-electron chi connectivity index (χ2n) is 6.32. The highest BCUT2D eigenvalue weighted by atomic mass is 32.1. The summed E-state index contributed by atoms with van der Waals surface area (Å²) in [5.41, 5.74) is 5.45. The van der Waals surface area contributed by atoms with Gasteiger partial charge in [-0.05, 0) is 37.7 Å². The van der Waals surface area contributed by atoms with Crippen LogP contribution < -0.4 is 11.1 Å². The highest BCUT2D eigenvalue weighted by molar-refractivity contribution is 7.20. The van der Waals surface area contributed by atoms with Crippen molar-refractivity contribution in [3.63, 3.8) is 0 Å². The van der Waals surface area contributed by atoms with Gasteiger partial charge in [-0.1, -0.05) is 13.8 Å². The van der Waals surface area contributed by atoms with Crippen molar-refractivity contribution in [2.24, 2.45) is 11.1 Å². The van der Waals surface area contributed by atoms with E-state index in [9.17, 15) is 4.79 Å². The van der Waals surface area contributed by atoms with Crippen molar-refractivity contribution >= 4 is 33.3 Å². The predicted octanol–water partition coefficient (Wildman–Crippen LogP) is 2.39. The van der Waals surface area contributed by atoms with Crippen LogP contribution >= 0.6 is 11.3 Å². The highest BCUT2D eigenvalue weighted by Crippen LogP contribution is 2.25. The van der Waals surface area contributed by atoms with Crippen molar-refractivity contribution in [1.82, 2.24) is 9.88 Å². The first kappa shape index (κ1) is 15.7. The topological polar surface area (TPSA) is 71.2 Å². The van der Waals surface area contributed by atoms with Crippen LogP contribution in [0.4, 0.5) is 5.82 Å². The third-order valence-corrected chi connectivity index (χ3v) is 4.18. The van der Waals surface area contributed by atoms with Gasteiger partial charge in [0.25, 0.3) is 5.91 Å². The number of fused-ring (bicyclic) bond motifs is 1. The second-order valence-corrected chi connectivity index (χ2v) is 7.35. The number of rotatable bonds is 6. The summed E-state index contributed by atoms with van der Waals surface area (Å²) in [6.45, 7) is 6.26. The third kappa shape index (κ3) is 4.15. The Labute approximate surface area is 129 Å². The molecular weight excluding hydrogens is 284 g/mol. The lowest BCUT2D eigenvalue weighted by atomic mass is 9.93. The maximum absolute atomic E-state index is 11.2. The number of nitrogens with one attached hydrogen (secondary N) is 1. The predicted molar refractivity (Wildman–Crippen MR) is 89.0 cm³/mol. The van der Waals surface area contributed by atoms with E-state index >= 15 is 0 Å². The quantitative estimate of drug-likeness (QED) is 0.859. The molecule has 2 aromatic heterocycles. The van der Waals surface area contributed by atoms with Gasteiger partial charge in [0.05, 0.1) is 4.88 Å². The number of hydrogen-bond donors (Lipinski definition) is 2. The van der Waals surface area contributed by atoms with E-state index in [0.29, 0.717) is 4.88 Å². The van der Waals surface area contributed by atoms with E-state index in [-0.39, 0.29) is 5.41 Å². The Bertz CT molecular complexity index is 648. The molecule has 114 valence electrons. The largest absolute Gasteiger partial charge is 0.369 e. The van der Waals surface area contributed by atoms with Crippen molar-refractivity contribution in [1.29, 1.82) is 0 Å². The van der Waals surface area contributed by atoms with Crippen molar-refractivity contribution in [3.05, 3.63) is 23.1 Å². The van der Waals surface area contributed by atoms with Gasteiger partial charge in [0.1, 0.15) is 10.6 Å². The Morgan fingerprint density at radius 2 is 2.14 bits per heavy atom. The Kier molecular flexibility index (Phi) is 4.49. The summed E-state index contributed by atoms with van der Waals surface area (Å²) in [6, 6.07) is 5.69. The minimum atomic E-state index is -0.403. The van der Waals surface area contributed by atoms with Crippen LogP contribution in [0.3, 0.4) is 0 Å². The molecule has 0 aliphatic carbocycles. The van der Waals surface area contributed by atoms with Gasteiger partial charge in [0.2, 0.25) is 0 Å². The summed E-state index contributed by atoms with van der Waals surface area (Å²) in [5.74, 6) is 0.423. The molecule has 2 aromatic rings. The minimum Gasteiger partial charge on any atom is -0.369 e. The Morgan fingerprint density at radius 3 is 2.76 bits per heavy atom. The molecule has 6 heteroatoms. The van der Waals surface area contributed by atoms with Gasteiger partial charge < -0.3 is 16.0 Å². The molecule has 0 spiro atoms. The lowest BCUT2D eigenvalue weighted by Gasteiger charge is -2.28. The zero-order chi connectivity index (χ0) is 15.6. The fraction of sp³-hybridized carbons (Fsp3) is 0.467. The van der Waals surface area contributed by atoms with Crippen LogP contribution in [-0.4, -0.2) is 43.0 Å². The monoisotopic (exact) mass is 306 g/mol. The SMILES string of the molecule is CN(C)CC(C)(C)CNc1ccc2cc(C(N)=O)sc2n1. The van der Waals surface area contributed by atoms with E-state index in [1.807, 2.05) is 12.1 Å². The fourth-order valence-corrected chi connectivity index (χ4v) is 3.26. The summed E-state index contributed by atoms with van der Waals surface area (Å²) >= 11 is 1.33. The number of carbonyl (C=O) groups excluding carboxylic acids is 1. The summed E-state index contributed by atoms with van der Waals surface area (Å²) in [6.07, 6.45) is 0. The van der Waals surface area contributed by atoms with E-state index in [1.165, 1.54) is 11.3 Å². The Balaban J connectivity index is 2.10. The standard InChI is InChI=1S/C15H22N4OS/c1-15(2,9-19(3)4)8-17-12-6-5-10-7-11(13(16)20)21-14(10)18-12/h5-7H,8-9H2,1-4H3,(H2,16,20)(H,17,18). The number of hydrogen-bond acceptors (Lipinski definition) is 5. The number of amides is 1. The number of nitrogens with two attached hydrogens (primary N) is 1. The molecule has 0 saturated carbocycles. The number of pyridine rings is 1. The molecule has 0 aliphatic rings. The molecule has 0 bridgehead atoms. The third-order valence-electron chi connectivity index (χ3n) is 3.12. The number of primary amides is 1. The molecular formula is C15H22N4OS. The van der Waals surface area contributed by atoms with Crippen LogP contribution in [0, 0.1) is 5.41 Å². The summed E-state index contributed by atoms with van der Waals surface area (Å²) in [4.78, 5) is 19.3. The molecule has 1 amide bonds. The maximum atomic E-state index is 11.2. The number of carbonyl (C=O) groups is 1. The lowest BCUT2D eigenvalue weighted by Crippen LogP contribution is -2.34. The van der Waals surface area contributed by atoms with E-state index in [0.717, 1.165) is 29.1 Å². The van der Waals surface area contributed by atoms with Crippen LogP contribution in [0.25, 0.3) is 10.2 Å². The molecule has 3 N–H and O–H groups in total. The van der Waals surface area contributed by atoms with Crippen molar-refractivity contribution in [3.8, 4) is 0 Å². The number of thiophene rings is 1. The maximum Gasteiger partial charge on any atom is 0.258 e. The first-order valence-corrected chi connectivity index (χ1v) is 7.67. The normalized spacial score (nSPS) is 12.0. The van der Waals surface area contributed by atoms with Gasteiger partial charge in [-0.15, -0.1) is 11.3 Å². The molecule has 0 aliphatic heterocycles. The van der Waals surface area contributed by atoms with Gasteiger partial charge in [0.15, 0.2) is 0 Å². The van der Waals surface area contributed by atoms with Crippen LogP contribution in [0.15, 0.2) is 18.2 Å². The average molecular weight is 306 g/mol. The number of anilines is 1.